The van der Waals surface area contributed by atoms with Crippen LogP contribution in [0.5, 0.6) is 0 Å². The first-order chi connectivity index (χ1) is 6.77. The summed E-state index contributed by atoms with van der Waals surface area (Å²) >= 11 is 0. The SMILES string of the molecule is CCOCCOCCNCCN(C)C. The topological polar surface area (TPSA) is 33.7 Å². The molecule has 0 bridgehead atoms. The summed E-state index contributed by atoms with van der Waals surface area (Å²) in [4.78, 5) is 2.16. The molecule has 0 spiro atoms. The summed E-state index contributed by atoms with van der Waals surface area (Å²) < 4.78 is 10.5. The highest BCUT2D eigenvalue weighted by Gasteiger charge is 1.90. The van der Waals surface area contributed by atoms with E-state index in [1.54, 1.807) is 0 Å². The van der Waals surface area contributed by atoms with Gasteiger partial charge in [-0.1, -0.05) is 0 Å². The summed E-state index contributed by atoms with van der Waals surface area (Å²) in [6, 6.07) is 0. The average molecular weight is 204 g/mol. The first-order valence-corrected chi connectivity index (χ1v) is 5.28. The minimum Gasteiger partial charge on any atom is -0.379 e. The maximum Gasteiger partial charge on any atom is 0.0701 e. The van der Waals surface area contributed by atoms with Crippen molar-refractivity contribution in [2.45, 2.75) is 6.92 Å². The van der Waals surface area contributed by atoms with E-state index in [9.17, 15) is 0 Å². The molecule has 0 heterocycles. The van der Waals surface area contributed by atoms with Crippen molar-refractivity contribution in [2.75, 3.05) is 60.2 Å². The summed E-state index contributed by atoms with van der Waals surface area (Å²) in [6.45, 7) is 7.92. The fourth-order valence-electron chi connectivity index (χ4n) is 0.936. The molecule has 0 aliphatic rings. The second-order valence-electron chi connectivity index (χ2n) is 3.36. The van der Waals surface area contributed by atoms with Crippen molar-refractivity contribution >= 4 is 0 Å². The molecule has 4 heteroatoms. The molecule has 0 aromatic carbocycles. The molecule has 0 saturated carbocycles. The Morgan fingerprint density at radius 1 is 1.00 bits per heavy atom. The molecule has 0 rings (SSSR count). The molecule has 0 aromatic rings. The first-order valence-electron chi connectivity index (χ1n) is 5.28. The van der Waals surface area contributed by atoms with E-state index in [0.717, 1.165) is 32.8 Å². The van der Waals surface area contributed by atoms with Gasteiger partial charge < -0.3 is 19.7 Å². The van der Waals surface area contributed by atoms with Crippen molar-refractivity contribution in [3.63, 3.8) is 0 Å². The molecule has 0 aromatic heterocycles. The van der Waals surface area contributed by atoms with Crippen LogP contribution in [0.1, 0.15) is 6.92 Å². The smallest absolute Gasteiger partial charge is 0.0701 e. The van der Waals surface area contributed by atoms with E-state index in [-0.39, 0.29) is 0 Å². The summed E-state index contributed by atoms with van der Waals surface area (Å²) in [6.07, 6.45) is 0. The Labute approximate surface area is 87.6 Å². The molecule has 0 atom stereocenters. The lowest BCUT2D eigenvalue weighted by Gasteiger charge is -2.10. The van der Waals surface area contributed by atoms with Gasteiger partial charge in [0, 0.05) is 26.2 Å². The third-order valence-electron chi connectivity index (χ3n) is 1.74. The number of hydrogen-bond donors (Lipinski definition) is 1. The second-order valence-corrected chi connectivity index (χ2v) is 3.36. The Kier molecular flexibility index (Phi) is 10.8. The zero-order valence-corrected chi connectivity index (χ0v) is 9.71. The molecule has 14 heavy (non-hydrogen) atoms. The van der Waals surface area contributed by atoms with Gasteiger partial charge in [0.1, 0.15) is 0 Å². The summed E-state index contributed by atoms with van der Waals surface area (Å²) in [5, 5.41) is 3.30. The molecule has 0 aliphatic carbocycles. The maximum atomic E-state index is 5.34. The predicted molar refractivity (Wildman–Crippen MR) is 58.7 cm³/mol. The fourth-order valence-corrected chi connectivity index (χ4v) is 0.936. The lowest BCUT2D eigenvalue weighted by atomic mass is 10.5. The molecule has 1 N–H and O–H groups in total. The molecule has 86 valence electrons. The van der Waals surface area contributed by atoms with Crippen molar-refractivity contribution in [2.24, 2.45) is 0 Å². The number of nitrogens with zero attached hydrogens (tertiary/aromatic N) is 1. The van der Waals surface area contributed by atoms with Gasteiger partial charge in [0.05, 0.1) is 19.8 Å². The zero-order valence-electron chi connectivity index (χ0n) is 9.71. The zero-order chi connectivity index (χ0) is 10.6. The van der Waals surface area contributed by atoms with Gasteiger partial charge in [-0.3, -0.25) is 0 Å². The van der Waals surface area contributed by atoms with Gasteiger partial charge in [0.2, 0.25) is 0 Å². The van der Waals surface area contributed by atoms with Gasteiger partial charge in [-0.15, -0.1) is 0 Å². The van der Waals surface area contributed by atoms with E-state index in [1.807, 2.05) is 6.92 Å². The number of nitrogens with one attached hydrogen (secondary N) is 1. The number of likely N-dealkylation sites (N-methyl/N-ethyl adjacent to an activating group) is 1. The van der Waals surface area contributed by atoms with Crippen molar-refractivity contribution < 1.29 is 9.47 Å². The Morgan fingerprint density at radius 3 is 2.36 bits per heavy atom. The van der Waals surface area contributed by atoms with E-state index in [1.165, 1.54) is 0 Å². The maximum absolute atomic E-state index is 5.34. The first kappa shape index (κ1) is 13.8. The van der Waals surface area contributed by atoms with Crippen molar-refractivity contribution in [1.82, 2.24) is 10.2 Å². The molecule has 0 radical (unpaired) electrons. The highest BCUT2D eigenvalue weighted by Crippen LogP contribution is 1.77. The van der Waals surface area contributed by atoms with Crippen LogP contribution in [0, 0.1) is 0 Å². The number of ether oxygens (including phenoxy) is 2. The normalized spacial score (nSPS) is 11.1. The molecule has 4 nitrogen and oxygen atoms in total. The summed E-state index contributed by atoms with van der Waals surface area (Å²) in [5.74, 6) is 0. The van der Waals surface area contributed by atoms with Crippen LogP contribution in [0.4, 0.5) is 0 Å². The Morgan fingerprint density at radius 2 is 1.71 bits per heavy atom. The van der Waals surface area contributed by atoms with Gasteiger partial charge >= 0.3 is 0 Å². The van der Waals surface area contributed by atoms with E-state index in [0.29, 0.717) is 13.2 Å². The van der Waals surface area contributed by atoms with Gasteiger partial charge in [-0.2, -0.15) is 0 Å². The third kappa shape index (κ3) is 11.8. The molecular weight excluding hydrogens is 180 g/mol. The molecule has 0 aliphatic heterocycles. The van der Waals surface area contributed by atoms with Crippen LogP contribution in [0.2, 0.25) is 0 Å². The van der Waals surface area contributed by atoms with Crippen LogP contribution in [0.15, 0.2) is 0 Å². The molecule has 0 unspecified atom stereocenters. The minimum atomic E-state index is 0.698. The van der Waals surface area contributed by atoms with Crippen LogP contribution in [-0.2, 0) is 9.47 Å². The lowest BCUT2D eigenvalue weighted by molar-refractivity contribution is 0.0539. The third-order valence-corrected chi connectivity index (χ3v) is 1.74. The largest absolute Gasteiger partial charge is 0.379 e. The van der Waals surface area contributed by atoms with Crippen molar-refractivity contribution in [1.29, 1.82) is 0 Å². The van der Waals surface area contributed by atoms with E-state index >= 15 is 0 Å². The minimum absolute atomic E-state index is 0.698. The lowest BCUT2D eigenvalue weighted by Crippen LogP contribution is -2.29. The number of rotatable bonds is 10. The van der Waals surface area contributed by atoms with Crippen LogP contribution in [0.3, 0.4) is 0 Å². The highest BCUT2D eigenvalue weighted by atomic mass is 16.5. The molecule has 0 saturated heterocycles. The van der Waals surface area contributed by atoms with E-state index in [4.69, 9.17) is 9.47 Å². The Balaban J connectivity index is 2.85. The summed E-state index contributed by atoms with van der Waals surface area (Å²) in [7, 11) is 4.14. The predicted octanol–water partition coefficient (Wildman–Crippen LogP) is 0.191. The monoisotopic (exact) mass is 204 g/mol. The average Bonchev–Trinajstić information content (AvgIpc) is 2.15. The van der Waals surface area contributed by atoms with E-state index in [2.05, 4.69) is 24.3 Å². The molecular formula is C10H24N2O2. The fraction of sp³-hybridized carbons (Fsp3) is 1.00. The molecule has 0 fully saturated rings. The Bertz CT molecular complexity index is 110. The van der Waals surface area contributed by atoms with Crippen LogP contribution in [0.25, 0.3) is 0 Å². The van der Waals surface area contributed by atoms with Gasteiger partial charge in [0.25, 0.3) is 0 Å². The van der Waals surface area contributed by atoms with Gasteiger partial charge in [-0.05, 0) is 21.0 Å². The summed E-state index contributed by atoms with van der Waals surface area (Å²) in [5.41, 5.74) is 0. The van der Waals surface area contributed by atoms with Gasteiger partial charge in [0.15, 0.2) is 0 Å². The van der Waals surface area contributed by atoms with E-state index < -0.39 is 0 Å². The van der Waals surface area contributed by atoms with Crippen LogP contribution < -0.4 is 5.32 Å². The van der Waals surface area contributed by atoms with Crippen molar-refractivity contribution in [3.8, 4) is 0 Å². The highest BCUT2D eigenvalue weighted by molar-refractivity contribution is 4.49. The van der Waals surface area contributed by atoms with Gasteiger partial charge in [-0.25, -0.2) is 0 Å². The van der Waals surface area contributed by atoms with Crippen molar-refractivity contribution in [3.05, 3.63) is 0 Å². The standard InChI is InChI=1S/C10H24N2O2/c1-4-13-9-10-14-8-6-11-5-7-12(2)3/h11H,4-10H2,1-3H3. The second kappa shape index (κ2) is 10.9. The van der Waals surface area contributed by atoms with Crippen LogP contribution >= 0.6 is 0 Å². The van der Waals surface area contributed by atoms with Crippen LogP contribution in [-0.4, -0.2) is 65.1 Å². The quantitative estimate of drug-likeness (QED) is 0.515. The Hall–Kier alpha value is -0.160. The number of hydrogen-bond acceptors (Lipinski definition) is 4. The molecule has 0 amide bonds.